The van der Waals surface area contributed by atoms with Crippen molar-refractivity contribution >= 4 is 0 Å². The summed E-state index contributed by atoms with van der Waals surface area (Å²) in [5, 5.41) is 3.22. The van der Waals surface area contributed by atoms with Crippen LogP contribution in [0.2, 0.25) is 0 Å². The Bertz CT molecular complexity index is 551. The lowest BCUT2D eigenvalue weighted by atomic mass is 9.84. The van der Waals surface area contributed by atoms with Crippen LogP contribution >= 0.6 is 0 Å². The molecule has 2 nitrogen and oxygen atoms in total. The Balaban J connectivity index is 1.87. The number of ether oxygens (including phenoxy) is 1. The molecule has 1 aromatic carbocycles. The van der Waals surface area contributed by atoms with E-state index in [0.717, 1.165) is 30.5 Å². The van der Waals surface area contributed by atoms with Gasteiger partial charge in [0, 0.05) is 19.0 Å². The molecule has 4 rings (SSSR count). The number of benzene rings is 1. The maximum atomic E-state index is 13.3. The van der Waals surface area contributed by atoms with Crippen LogP contribution in [0.1, 0.15) is 46.9 Å². The van der Waals surface area contributed by atoms with Crippen LogP contribution in [0.25, 0.3) is 0 Å². The van der Waals surface area contributed by atoms with Gasteiger partial charge in [-0.25, -0.2) is 0 Å². The molecule has 108 valence electrons. The van der Waals surface area contributed by atoms with Crippen LogP contribution in [0.3, 0.4) is 0 Å². The predicted molar refractivity (Wildman–Crippen MR) is 67.6 cm³/mol. The third kappa shape index (κ3) is 1.95. The average molecular weight is 283 g/mol. The van der Waals surface area contributed by atoms with E-state index in [9.17, 15) is 13.2 Å². The van der Waals surface area contributed by atoms with Crippen molar-refractivity contribution in [3.8, 4) is 0 Å². The minimum absolute atomic E-state index is 0.0260. The molecule has 2 fully saturated rings. The lowest BCUT2D eigenvalue weighted by Crippen LogP contribution is -2.29. The van der Waals surface area contributed by atoms with Gasteiger partial charge in [0.25, 0.3) is 0 Å². The van der Waals surface area contributed by atoms with E-state index in [1.807, 2.05) is 6.07 Å². The van der Waals surface area contributed by atoms with E-state index < -0.39 is 11.7 Å². The van der Waals surface area contributed by atoms with Gasteiger partial charge in [0.2, 0.25) is 0 Å². The molecule has 0 unspecified atom stereocenters. The zero-order valence-corrected chi connectivity index (χ0v) is 11.0. The number of hydrogen-bond acceptors (Lipinski definition) is 2. The molecular weight excluding hydrogens is 267 g/mol. The van der Waals surface area contributed by atoms with Gasteiger partial charge in [-0.15, -0.1) is 0 Å². The van der Waals surface area contributed by atoms with Crippen molar-refractivity contribution in [1.29, 1.82) is 0 Å². The summed E-state index contributed by atoms with van der Waals surface area (Å²) in [5.74, 6) is 0.399. The van der Waals surface area contributed by atoms with E-state index >= 15 is 0 Å². The Morgan fingerprint density at radius 2 is 1.95 bits per heavy atom. The summed E-state index contributed by atoms with van der Waals surface area (Å²) in [6.45, 7) is 1.53. The van der Waals surface area contributed by atoms with Gasteiger partial charge in [-0.05, 0) is 41.5 Å². The second-order valence-electron chi connectivity index (χ2n) is 6.02. The van der Waals surface area contributed by atoms with Gasteiger partial charge in [-0.3, -0.25) is 0 Å². The summed E-state index contributed by atoms with van der Waals surface area (Å²) in [4.78, 5) is 0. The fourth-order valence-electron chi connectivity index (χ4n) is 3.45. The maximum absolute atomic E-state index is 13.3. The summed E-state index contributed by atoms with van der Waals surface area (Å²) in [6, 6.07) is 3.36. The van der Waals surface area contributed by atoms with Crippen LogP contribution in [-0.2, 0) is 17.5 Å². The highest BCUT2D eigenvalue weighted by Gasteiger charge is 2.42. The van der Waals surface area contributed by atoms with E-state index in [1.165, 1.54) is 6.07 Å². The van der Waals surface area contributed by atoms with E-state index in [4.69, 9.17) is 4.74 Å². The first kappa shape index (κ1) is 12.7. The highest BCUT2D eigenvalue weighted by atomic mass is 19.4. The van der Waals surface area contributed by atoms with Crippen molar-refractivity contribution in [2.45, 2.75) is 43.6 Å². The molecule has 0 radical (unpaired) electrons. The van der Waals surface area contributed by atoms with E-state index in [0.29, 0.717) is 18.0 Å². The van der Waals surface area contributed by atoms with Crippen LogP contribution in [0, 0.1) is 0 Å². The van der Waals surface area contributed by atoms with E-state index in [2.05, 4.69) is 5.32 Å². The number of halogens is 3. The van der Waals surface area contributed by atoms with Gasteiger partial charge in [0.1, 0.15) is 0 Å². The molecule has 0 amide bonds. The molecule has 1 aliphatic carbocycles. The number of hydrogen-bond donors (Lipinski definition) is 1. The van der Waals surface area contributed by atoms with Crippen molar-refractivity contribution in [1.82, 2.24) is 5.32 Å². The first-order chi connectivity index (χ1) is 9.54. The fraction of sp³-hybridized carbons (Fsp3) is 0.600. The number of rotatable bonds is 1. The predicted octanol–water partition coefficient (Wildman–Crippen LogP) is 3.17. The first-order valence-electron chi connectivity index (χ1n) is 7.10. The summed E-state index contributed by atoms with van der Waals surface area (Å²) < 4.78 is 45.6. The second kappa shape index (κ2) is 4.21. The van der Waals surface area contributed by atoms with Crippen molar-refractivity contribution in [3.63, 3.8) is 0 Å². The Morgan fingerprint density at radius 3 is 2.65 bits per heavy atom. The second-order valence-corrected chi connectivity index (χ2v) is 6.02. The summed E-state index contributed by atoms with van der Waals surface area (Å²) >= 11 is 0. The first-order valence-corrected chi connectivity index (χ1v) is 7.10. The molecule has 1 aromatic rings. The molecule has 0 bridgehead atoms. The topological polar surface area (TPSA) is 21.3 Å². The minimum Gasteiger partial charge on any atom is -0.372 e. The monoisotopic (exact) mass is 283 g/mol. The Labute approximate surface area is 115 Å². The fourth-order valence-corrected chi connectivity index (χ4v) is 3.45. The number of alkyl halides is 3. The molecule has 1 saturated carbocycles. The molecule has 0 aromatic heterocycles. The molecule has 2 aliphatic heterocycles. The maximum Gasteiger partial charge on any atom is 0.416 e. The largest absolute Gasteiger partial charge is 0.416 e. The Morgan fingerprint density at radius 1 is 1.15 bits per heavy atom. The average Bonchev–Trinajstić information content (AvgIpc) is 3.13. The van der Waals surface area contributed by atoms with Gasteiger partial charge >= 0.3 is 6.18 Å². The van der Waals surface area contributed by atoms with Crippen molar-refractivity contribution in [2.24, 2.45) is 0 Å². The molecule has 0 spiro atoms. The third-order valence-corrected chi connectivity index (χ3v) is 4.66. The van der Waals surface area contributed by atoms with Gasteiger partial charge in [-0.2, -0.15) is 13.2 Å². The van der Waals surface area contributed by atoms with Crippen LogP contribution < -0.4 is 5.32 Å². The zero-order chi connectivity index (χ0) is 13.9. The normalized spacial score (nSPS) is 29.1. The molecule has 1 saturated heterocycles. The van der Waals surface area contributed by atoms with Crippen molar-refractivity contribution < 1.29 is 17.9 Å². The van der Waals surface area contributed by atoms with Crippen molar-refractivity contribution in [2.75, 3.05) is 13.1 Å². The zero-order valence-electron chi connectivity index (χ0n) is 11.0. The third-order valence-electron chi connectivity index (χ3n) is 4.66. The number of fused-ring (bicyclic) bond motifs is 3. The lowest BCUT2D eigenvalue weighted by molar-refractivity contribution is -0.139. The molecule has 2 atom stereocenters. The van der Waals surface area contributed by atoms with E-state index in [-0.39, 0.29) is 18.6 Å². The van der Waals surface area contributed by atoms with Gasteiger partial charge < -0.3 is 10.1 Å². The molecule has 5 heteroatoms. The summed E-state index contributed by atoms with van der Waals surface area (Å²) in [7, 11) is 0. The standard InChI is InChI=1S/C15H16F3NO/c16-15(17,18)13-4-9(8-1-2-8)3-10-11-5-19-6-14(11)20-7-12(10)13/h3-4,8,11,14,19H,1-2,5-7H2/t11-,14-/m1/s1. The Hall–Kier alpha value is -1.07. The minimum atomic E-state index is -4.29. The van der Waals surface area contributed by atoms with Gasteiger partial charge in [0.05, 0.1) is 18.3 Å². The summed E-state index contributed by atoms with van der Waals surface area (Å²) in [6.07, 6.45) is -2.24. The SMILES string of the molecule is FC(F)(F)c1cc(C2CC2)cc2c1CO[C@@H]1CNC[C@H]21. The van der Waals surface area contributed by atoms with Crippen LogP contribution in [0.15, 0.2) is 12.1 Å². The highest BCUT2D eigenvalue weighted by molar-refractivity contribution is 5.46. The lowest BCUT2D eigenvalue weighted by Gasteiger charge is -2.31. The Kier molecular flexibility index (Phi) is 2.67. The van der Waals surface area contributed by atoms with Crippen molar-refractivity contribution in [3.05, 3.63) is 34.4 Å². The number of nitrogens with one attached hydrogen (secondary N) is 1. The smallest absolute Gasteiger partial charge is 0.372 e. The van der Waals surface area contributed by atoms with E-state index in [1.54, 1.807) is 0 Å². The van der Waals surface area contributed by atoms with Gasteiger partial charge in [-0.1, -0.05) is 6.07 Å². The quantitative estimate of drug-likeness (QED) is 0.854. The molecule has 3 aliphatic rings. The van der Waals surface area contributed by atoms with Gasteiger partial charge in [0.15, 0.2) is 0 Å². The molecule has 20 heavy (non-hydrogen) atoms. The molecule has 1 N–H and O–H groups in total. The summed E-state index contributed by atoms with van der Waals surface area (Å²) in [5.41, 5.74) is 1.60. The van der Waals surface area contributed by atoms with Crippen LogP contribution in [0.5, 0.6) is 0 Å². The van der Waals surface area contributed by atoms with Crippen LogP contribution in [0.4, 0.5) is 13.2 Å². The molecular formula is C15H16F3NO. The molecule has 2 heterocycles. The highest BCUT2D eigenvalue weighted by Crippen LogP contribution is 2.47. The van der Waals surface area contributed by atoms with Crippen LogP contribution in [-0.4, -0.2) is 19.2 Å².